The molecule has 2 aromatic carbocycles. The van der Waals surface area contributed by atoms with Crippen LogP contribution >= 0.6 is 11.6 Å². The van der Waals surface area contributed by atoms with E-state index in [4.69, 9.17) is 21.6 Å². The van der Waals surface area contributed by atoms with Gasteiger partial charge in [0.15, 0.2) is 0 Å². The molecule has 6 rings (SSSR count). The Bertz CT molecular complexity index is 1250. The summed E-state index contributed by atoms with van der Waals surface area (Å²) in [5.74, 6) is 2.21. The third-order valence-electron chi connectivity index (χ3n) is 7.25. The average molecular weight is 494 g/mol. The van der Waals surface area contributed by atoms with Gasteiger partial charge in [0.05, 0.1) is 11.2 Å². The number of carbonyl (C=O) groups excluding carboxylic acids is 1. The number of anilines is 2. The largest absolute Gasteiger partial charge is 0.366 e. The number of amides is 1. The lowest BCUT2D eigenvalue weighted by Crippen LogP contribution is -2.49. The summed E-state index contributed by atoms with van der Waals surface area (Å²) >= 11 is 6.27. The number of hydrogen-bond acceptors (Lipinski definition) is 5. The molecule has 2 saturated carbocycles. The van der Waals surface area contributed by atoms with Crippen molar-refractivity contribution in [2.75, 3.05) is 42.5 Å². The number of para-hydroxylation sites is 1. The molecule has 35 heavy (non-hydrogen) atoms. The standard InChI is InChI=1S/C27H29ClFN5O/c28-19-7-10-21-23(17-19)30-26(18-5-6-18)31-27(21)34(20-8-9-20)12-11-25(35)33-15-13-32(14-16-33)24-4-2-1-3-22(24)29/h1-4,7,10,17-18,20H,5-6,8-9,11-16H2. The Labute approximate surface area is 209 Å². The first-order valence-electron chi connectivity index (χ1n) is 12.6. The third-order valence-corrected chi connectivity index (χ3v) is 7.49. The van der Waals surface area contributed by atoms with Crippen molar-refractivity contribution in [3.8, 4) is 0 Å². The molecule has 2 aliphatic carbocycles. The van der Waals surface area contributed by atoms with Gasteiger partial charge in [0.1, 0.15) is 17.5 Å². The van der Waals surface area contributed by atoms with Crippen molar-refractivity contribution >= 4 is 39.9 Å². The summed E-state index contributed by atoms with van der Waals surface area (Å²) in [6.45, 7) is 3.13. The van der Waals surface area contributed by atoms with Gasteiger partial charge in [0, 0.05) is 61.5 Å². The summed E-state index contributed by atoms with van der Waals surface area (Å²) in [6, 6.07) is 13.1. The molecule has 182 valence electrons. The van der Waals surface area contributed by atoms with Crippen molar-refractivity contribution in [1.82, 2.24) is 14.9 Å². The van der Waals surface area contributed by atoms with Gasteiger partial charge in [-0.15, -0.1) is 0 Å². The molecule has 0 radical (unpaired) electrons. The maximum atomic E-state index is 14.2. The topological polar surface area (TPSA) is 52.6 Å². The number of piperazine rings is 1. The van der Waals surface area contributed by atoms with Crippen LogP contribution in [-0.4, -0.2) is 59.5 Å². The predicted octanol–water partition coefficient (Wildman–Crippen LogP) is 5.01. The van der Waals surface area contributed by atoms with E-state index in [1.807, 2.05) is 34.1 Å². The van der Waals surface area contributed by atoms with Crippen LogP contribution in [0.3, 0.4) is 0 Å². The molecule has 0 atom stereocenters. The van der Waals surface area contributed by atoms with Gasteiger partial charge in [0.25, 0.3) is 0 Å². The molecule has 3 aliphatic rings. The number of carbonyl (C=O) groups is 1. The van der Waals surface area contributed by atoms with E-state index in [-0.39, 0.29) is 11.7 Å². The number of nitrogens with zero attached hydrogens (tertiary/aromatic N) is 5. The van der Waals surface area contributed by atoms with E-state index in [9.17, 15) is 9.18 Å². The second-order valence-electron chi connectivity index (χ2n) is 9.83. The maximum Gasteiger partial charge on any atom is 0.224 e. The molecular formula is C27H29ClFN5O. The van der Waals surface area contributed by atoms with Crippen molar-refractivity contribution in [3.05, 3.63) is 59.1 Å². The lowest BCUT2D eigenvalue weighted by molar-refractivity contribution is -0.131. The van der Waals surface area contributed by atoms with Crippen LogP contribution in [0.2, 0.25) is 5.02 Å². The first-order valence-corrected chi connectivity index (χ1v) is 13.0. The fraction of sp³-hybridized carbons (Fsp3) is 0.444. The lowest BCUT2D eigenvalue weighted by Gasteiger charge is -2.36. The zero-order valence-electron chi connectivity index (χ0n) is 19.7. The third kappa shape index (κ3) is 4.79. The van der Waals surface area contributed by atoms with Crippen LogP contribution in [0.25, 0.3) is 10.9 Å². The quantitative estimate of drug-likeness (QED) is 0.463. The van der Waals surface area contributed by atoms with Crippen LogP contribution in [0.5, 0.6) is 0 Å². The number of fused-ring (bicyclic) bond motifs is 1. The molecule has 0 unspecified atom stereocenters. The van der Waals surface area contributed by atoms with Crippen LogP contribution in [0.1, 0.15) is 43.8 Å². The van der Waals surface area contributed by atoms with E-state index in [0.717, 1.165) is 48.2 Å². The number of halogens is 2. The Hall–Kier alpha value is -2.93. The Kier molecular flexibility index (Phi) is 5.96. The Balaban J connectivity index is 1.15. The molecule has 3 aromatic rings. The minimum atomic E-state index is -0.212. The molecule has 6 nitrogen and oxygen atoms in total. The molecule has 3 fully saturated rings. The van der Waals surface area contributed by atoms with Crippen molar-refractivity contribution in [1.29, 1.82) is 0 Å². The molecule has 0 bridgehead atoms. The van der Waals surface area contributed by atoms with Gasteiger partial charge in [-0.3, -0.25) is 4.79 Å². The Morgan fingerprint density at radius 1 is 1.03 bits per heavy atom. The van der Waals surface area contributed by atoms with Gasteiger partial charge in [-0.2, -0.15) is 0 Å². The second-order valence-corrected chi connectivity index (χ2v) is 10.3. The zero-order valence-corrected chi connectivity index (χ0v) is 20.4. The van der Waals surface area contributed by atoms with Gasteiger partial charge in [-0.25, -0.2) is 14.4 Å². The molecule has 1 saturated heterocycles. The molecule has 0 spiro atoms. The number of rotatable bonds is 7. The highest BCUT2D eigenvalue weighted by Gasteiger charge is 2.34. The fourth-order valence-electron chi connectivity index (χ4n) is 4.97. The fourth-order valence-corrected chi connectivity index (χ4v) is 5.14. The molecule has 2 heterocycles. The summed E-state index contributed by atoms with van der Waals surface area (Å²) in [5, 5.41) is 1.67. The van der Waals surface area contributed by atoms with E-state index in [0.29, 0.717) is 61.8 Å². The van der Waals surface area contributed by atoms with Crippen LogP contribution in [0.4, 0.5) is 15.9 Å². The Morgan fingerprint density at radius 2 is 1.80 bits per heavy atom. The first kappa shape index (κ1) is 22.5. The van der Waals surface area contributed by atoms with Gasteiger partial charge >= 0.3 is 0 Å². The number of hydrogen-bond donors (Lipinski definition) is 0. The van der Waals surface area contributed by atoms with Gasteiger partial charge in [-0.05, 0) is 56.0 Å². The van der Waals surface area contributed by atoms with E-state index in [1.165, 1.54) is 6.07 Å². The number of benzene rings is 2. The van der Waals surface area contributed by atoms with Crippen molar-refractivity contribution in [3.63, 3.8) is 0 Å². The van der Waals surface area contributed by atoms with E-state index in [2.05, 4.69) is 4.90 Å². The summed E-state index contributed by atoms with van der Waals surface area (Å²) in [6.07, 6.45) is 4.94. The molecule has 1 amide bonds. The lowest BCUT2D eigenvalue weighted by atomic mass is 10.2. The highest BCUT2D eigenvalue weighted by Crippen LogP contribution is 2.41. The number of aromatic nitrogens is 2. The van der Waals surface area contributed by atoms with Crippen LogP contribution in [0, 0.1) is 5.82 Å². The van der Waals surface area contributed by atoms with Crippen molar-refractivity contribution < 1.29 is 9.18 Å². The minimum Gasteiger partial charge on any atom is -0.366 e. The van der Waals surface area contributed by atoms with Gasteiger partial charge in [-0.1, -0.05) is 23.7 Å². The molecule has 1 aliphatic heterocycles. The monoisotopic (exact) mass is 493 g/mol. The van der Waals surface area contributed by atoms with Gasteiger partial charge in [0.2, 0.25) is 5.91 Å². The minimum absolute atomic E-state index is 0.146. The highest BCUT2D eigenvalue weighted by molar-refractivity contribution is 6.31. The highest BCUT2D eigenvalue weighted by atomic mass is 35.5. The zero-order chi connectivity index (χ0) is 23.9. The van der Waals surface area contributed by atoms with Gasteiger partial charge < -0.3 is 14.7 Å². The smallest absolute Gasteiger partial charge is 0.224 e. The Morgan fingerprint density at radius 3 is 2.51 bits per heavy atom. The van der Waals surface area contributed by atoms with Crippen LogP contribution < -0.4 is 9.80 Å². The molecule has 0 N–H and O–H groups in total. The summed E-state index contributed by atoms with van der Waals surface area (Å²) in [5.41, 5.74) is 1.49. The predicted molar refractivity (Wildman–Crippen MR) is 137 cm³/mol. The second kappa shape index (κ2) is 9.26. The first-order chi connectivity index (χ1) is 17.1. The molecule has 1 aromatic heterocycles. The summed E-state index contributed by atoms with van der Waals surface area (Å²) in [7, 11) is 0. The van der Waals surface area contributed by atoms with Crippen LogP contribution in [-0.2, 0) is 4.79 Å². The van der Waals surface area contributed by atoms with Crippen molar-refractivity contribution in [2.45, 2.75) is 44.1 Å². The maximum absolute atomic E-state index is 14.2. The van der Waals surface area contributed by atoms with E-state index in [1.54, 1.807) is 12.1 Å². The normalized spacial score (nSPS) is 18.2. The summed E-state index contributed by atoms with van der Waals surface area (Å²) < 4.78 is 14.2. The average Bonchev–Trinajstić information content (AvgIpc) is 3.78. The summed E-state index contributed by atoms with van der Waals surface area (Å²) in [4.78, 5) is 29.2. The molecule has 8 heteroatoms. The van der Waals surface area contributed by atoms with Crippen molar-refractivity contribution in [2.24, 2.45) is 0 Å². The molecular weight excluding hydrogens is 465 g/mol. The van der Waals surface area contributed by atoms with E-state index >= 15 is 0 Å². The SMILES string of the molecule is O=C(CCN(c1nc(C2CC2)nc2cc(Cl)ccc12)C1CC1)N1CCN(c2ccccc2F)CC1. The van der Waals surface area contributed by atoms with E-state index < -0.39 is 0 Å². The van der Waals surface area contributed by atoms with Crippen LogP contribution in [0.15, 0.2) is 42.5 Å².